The van der Waals surface area contributed by atoms with E-state index >= 15 is 0 Å². The fraction of sp³-hybridized carbons (Fsp3) is 0.769. The summed E-state index contributed by atoms with van der Waals surface area (Å²) in [5.74, 6) is -0.185. The molecule has 0 bridgehead atoms. The quantitative estimate of drug-likeness (QED) is 0.217. The van der Waals surface area contributed by atoms with E-state index in [0.29, 0.717) is 50.9 Å². The highest BCUT2D eigenvalue weighted by molar-refractivity contribution is 5.95. The van der Waals surface area contributed by atoms with Gasteiger partial charge in [-0.15, -0.1) is 0 Å². The largest absolute Gasteiger partial charge is 0.508 e. The van der Waals surface area contributed by atoms with E-state index in [2.05, 4.69) is 27.7 Å². The van der Waals surface area contributed by atoms with E-state index in [1.54, 1.807) is 18.2 Å². The first-order valence-electron chi connectivity index (χ1n) is 18.2. The second-order valence-electron chi connectivity index (χ2n) is 17.2. The van der Waals surface area contributed by atoms with Crippen LogP contribution in [0.5, 0.6) is 5.75 Å². The second-order valence-corrected chi connectivity index (χ2v) is 17.2. The van der Waals surface area contributed by atoms with Gasteiger partial charge in [0.2, 0.25) is 0 Å². The van der Waals surface area contributed by atoms with Crippen LogP contribution in [-0.2, 0) is 22.4 Å². The Hall–Kier alpha value is -1.81. The van der Waals surface area contributed by atoms with Gasteiger partial charge in [0.05, 0.1) is 29.5 Å². The molecular formula is C39H56O8. The van der Waals surface area contributed by atoms with E-state index in [1.165, 1.54) is 0 Å². The maximum absolute atomic E-state index is 14.1. The Labute approximate surface area is 279 Å². The van der Waals surface area contributed by atoms with E-state index in [9.17, 15) is 35.4 Å². The minimum absolute atomic E-state index is 0.0163. The van der Waals surface area contributed by atoms with Gasteiger partial charge in [-0.3, -0.25) is 4.79 Å². The molecule has 1 aromatic rings. The van der Waals surface area contributed by atoms with Gasteiger partial charge in [-0.1, -0.05) is 33.8 Å². The minimum atomic E-state index is -1.36. The van der Waals surface area contributed by atoms with Crippen molar-refractivity contribution >= 4 is 5.78 Å². The van der Waals surface area contributed by atoms with Crippen LogP contribution < -0.4 is 0 Å². The highest BCUT2D eigenvalue weighted by Crippen LogP contribution is 2.78. The van der Waals surface area contributed by atoms with Crippen LogP contribution in [0, 0.1) is 45.8 Å². The number of aliphatic hydroxyl groups is 5. The number of aromatic hydroxyl groups is 1. The number of ether oxygens (including phenoxy) is 1. The number of phenols is 1. The first-order chi connectivity index (χ1) is 22.1. The zero-order chi connectivity index (χ0) is 33.9. The van der Waals surface area contributed by atoms with E-state index in [-0.39, 0.29) is 54.5 Å². The highest BCUT2D eigenvalue weighted by Gasteiger charge is 2.78. The first kappa shape index (κ1) is 33.7. The molecule has 5 aliphatic carbocycles. The van der Waals surface area contributed by atoms with Crippen molar-refractivity contribution in [3.8, 4) is 5.75 Å². The number of hydrogen-bond acceptors (Lipinski definition) is 8. The lowest BCUT2D eigenvalue weighted by Crippen LogP contribution is -2.67. The summed E-state index contributed by atoms with van der Waals surface area (Å²) in [4.78, 5) is 14.1. The monoisotopic (exact) mass is 652 g/mol. The Morgan fingerprint density at radius 3 is 2.49 bits per heavy atom. The summed E-state index contributed by atoms with van der Waals surface area (Å²) < 4.78 is 6.27. The number of fused-ring (bicyclic) bond motifs is 2. The molecule has 1 heterocycles. The third kappa shape index (κ3) is 4.43. The van der Waals surface area contributed by atoms with Gasteiger partial charge in [-0.05, 0) is 135 Å². The number of aryl methyl sites for hydroxylation is 1. The summed E-state index contributed by atoms with van der Waals surface area (Å²) in [6, 6.07) is 5.24. The van der Waals surface area contributed by atoms with Gasteiger partial charge in [0, 0.05) is 23.4 Å². The van der Waals surface area contributed by atoms with E-state index in [1.807, 2.05) is 13.0 Å². The fourth-order valence-electron chi connectivity index (χ4n) is 12.5. The maximum atomic E-state index is 14.1. The predicted octanol–water partition coefficient (Wildman–Crippen LogP) is 4.24. The van der Waals surface area contributed by atoms with Gasteiger partial charge in [-0.25, -0.2) is 0 Å². The summed E-state index contributed by atoms with van der Waals surface area (Å²) in [7, 11) is 0. The third-order valence-electron chi connectivity index (χ3n) is 15.4. The normalized spacial score (nSPS) is 45.6. The van der Waals surface area contributed by atoms with Crippen LogP contribution in [0.25, 0.3) is 0 Å². The Morgan fingerprint density at radius 1 is 1.04 bits per heavy atom. The van der Waals surface area contributed by atoms with Crippen LogP contribution in [0.2, 0.25) is 0 Å². The van der Waals surface area contributed by atoms with Crippen molar-refractivity contribution in [2.75, 3.05) is 6.61 Å². The Kier molecular flexibility index (Phi) is 7.95. The van der Waals surface area contributed by atoms with Crippen molar-refractivity contribution < 1.29 is 40.2 Å². The number of ketones is 1. The number of rotatable bonds is 9. The lowest BCUT2D eigenvalue weighted by Gasteiger charge is -2.66. The van der Waals surface area contributed by atoms with E-state index in [0.717, 1.165) is 29.5 Å². The molecule has 5 fully saturated rings. The molecule has 260 valence electrons. The number of phenolic OH excluding ortho intramolecular Hbond substituents is 1. The molecule has 6 N–H and O–H groups in total. The van der Waals surface area contributed by atoms with Crippen LogP contribution >= 0.6 is 0 Å². The topological polar surface area (TPSA) is 151 Å². The zero-order valence-electron chi connectivity index (χ0n) is 28.8. The third-order valence-corrected chi connectivity index (χ3v) is 15.4. The predicted molar refractivity (Wildman–Crippen MR) is 176 cm³/mol. The molecule has 8 heteroatoms. The molecule has 1 aliphatic heterocycles. The number of carbonyl (C=O) groups is 1. The van der Waals surface area contributed by atoms with Crippen LogP contribution in [0.1, 0.15) is 97.1 Å². The molecule has 0 amide bonds. The number of benzene rings is 1. The van der Waals surface area contributed by atoms with Gasteiger partial charge < -0.3 is 35.4 Å². The molecule has 0 aromatic heterocycles. The van der Waals surface area contributed by atoms with Crippen molar-refractivity contribution in [1.82, 2.24) is 0 Å². The molecule has 0 radical (unpaired) electrons. The molecule has 1 aromatic carbocycles. The number of aliphatic hydroxyl groups excluding tert-OH is 3. The summed E-state index contributed by atoms with van der Waals surface area (Å²) in [6.45, 7) is 10.5. The van der Waals surface area contributed by atoms with Gasteiger partial charge in [0.1, 0.15) is 11.9 Å². The highest BCUT2D eigenvalue weighted by atomic mass is 16.6. The summed E-state index contributed by atoms with van der Waals surface area (Å²) in [5.41, 5.74) is -1.75. The Balaban J connectivity index is 1.33. The van der Waals surface area contributed by atoms with Crippen LogP contribution in [-0.4, -0.2) is 78.6 Å². The molecule has 4 saturated carbocycles. The second kappa shape index (κ2) is 11.1. The molecule has 13 atom stereocenters. The maximum Gasteiger partial charge on any atom is 0.159 e. The molecule has 47 heavy (non-hydrogen) atoms. The van der Waals surface area contributed by atoms with Gasteiger partial charge >= 0.3 is 0 Å². The molecule has 1 saturated heterocycles. The Bertz CT molecular complexity index is 1450. The van der Waals surface area contributed by atoms with Crippen molar-refractivity contribution in [3.63, 3.8) is 0 Å². The average molecular weight is 653 g/mol. The lowest BCUT2D eigenvalue weighted by molar-refractivity contribution is -0.193. The number of epoxide rings is 1. The number of carbonyl (C=O) groups excluding carboxylic acids is 1. The van der Waals surface area contributed by atoms with E-state index < -0.39 is 45.6 Å². The summed E-state index contributed by atoms with van der Waals surface area (Å²) in [5, 5.41) is 68.3. The summed E-state index contributed by atoms with van der Waals surface area (Å²) >= 11 is 0. The van der Waals surface area contributed by atoms with E-state index in [4.69, 9.17) is 4.74 Å². The molecule has 8 nitrogen and oxygen atoms in total. The molecule has 1 spiro atoms. The standard InChI is InChI=1S/C39H56O8/c1-21(2)22(3)33-34(47-33)36(5,45)30-10-14-39(46)31-20-28(42)27-19-29(43)32(44)26-9-13-37(31,35(26,27)4)15-16-38(30,39)12-8-24-18-25(41)7-6-23(24)11-17-40/h6-7,18,20-22,26-27,29-30,32-34,40-41,43-46H,8-17,19H2,1-5H3/t22-,26+,27-,29-,30+,32+,33-,34-,35+,36-,37+,38-,39+/m1/s1. The molecule has 6 aliphatic rings. The average Bonchev–Trinajstić information content (AvgIpc) is 3.69. The lowest BCUT2D eigenvalue weighted by atomic mass is 9.39. The smallest absolute Gasteiger partial charge is 0.159 e. The molecule has 7 rings (SSSR count). The number of hydrogen-bond donors (Lipinski definition) is 6. The summed E-state index contributed by atoms with van der Waals surface area (Å²) in [6.07, 6.45) is 5.09. The van der Waals surface area contributed by atoms with Gasteiger partial charge in [0.15, 0.2) is 5.78 Å². The van der Waals surface area contributed by atoms with Gasteiger partial charge in [-0.2, -0.15) is 0 Å². The first-order valence-corrected chi connectivity index (χ1v) is 18.2. The number of allylic oxidation sites excluding steroid dienone is 1. The van der Waals surface area contributed by atoms with Crippen molar-refractivity contribution in [3.05, 3.63) is 41.0 Å². The SMILES string of the molecule is CC(C)[C@@H](C)[C@H]1O[C@H]1[C@](C)(O)[C@@H]1CC[C@]2(O)C3=CC(=O)[C@H]4C[C@@H](O)[C@@H](O)[C@@H]5CC[C@@]3(CC[C@]12CCc1cc(O)ccc1CCO)[C@]45C. The zero-order valence-corrected chi connectivity index (χ0v) is 28.8. The minimum Gasteiger partial charge on any atom is -0.508 e. The van der Waals surface area contributed by atoms with Crippen LogP contribution in [0.15, 0.2) is 29.8 Å². The van der Waals surface area contributed by atoms with Crippen molar-refractivity contribution in [2.45, 2.75) is 134 Å². The fourth-order valence-corrected chi connectivity index (χ4v) is 12.5. The van der Waals surface area contributed by atoms with Crippen LogP contribution in [0.4, 0.5) is 0 Å². The van der Waals surface area contributed by atoms with Crippen molar-refractivity contribution in [1.29, 1.82) is 0 Å². The molecule has 0 unspecified atom stereocenters. The van der Waals surface area contributed by atoms with Crippen LogP contribution in [0.3, 0.4) is 0 Å². The Morgan fingerprint density at radius 2 is 1.79 bits per heavy atom. The molecular weight excluding hydrogens is 596 g/mol. The van der Waals surface area contributed by atoms with Gasteiger partial charge in [0.25, 0.3) is 0 Å². The van der Waals surface area contributed by atoms with Crippen molar-refractivity contribution in [2.24, 2.45) is 45.8 Å².